The van der Waals surface area contributed by atoms with E-state index in [1.807, 2.05) is 6.92 Å². The van der Waals surface area contributed by atoms with Gasteiger partial charge in [0.1, 0.15) is 5.54 Å². The number of rotatable bonds is 5. The number of halogens is 3. The summed E-state index contributed by atoms with van der Waals surface area (Å²) in [4.78, 5) is 11.9. The summed E-state index contributed by atoms with van der Waals surface area (Å²) < 4.78 is 47.5. The van der Waals surface area contributed by atoms with E-state index < -0.39 is 29.9 Å². The van der Waals surface area contributed by atoms with Crippen molar-refractivity contribution in [3.63, 3.8) is 0 Å². The standard InChI is InChI=1S/C13H22F3NO3/c1-4-17-12(11(18)19-3)7-5-6-10(8-12)20-9(2)13(14,15)16/h9-10,17H,4-8H2,1-3H3. The lowest BCUT2D eigenvalue weighted by Gasteiger charge is -2.39. The normalized spacial score (nSPS) is 29.0. The third-order valence-corrected chi connectivity index (χ3v) is 3.65. The third-order valence-electron chi connectivity index (χ3n) is 3.65. The van der Waals surface area contributed by atoms with Crippen molar-refractivity contribution >= 4 is 5.97 Å². The quantitative estimate of drug-likeness (QED) is 0.792. The average Bonchev–Trinajstić information content (AvgIpc) is 2.37. The van der Waals surface area contributed by atoms with Gasteiger partial charge in [0.25, 0.3) is 0 Å². The minimum Gasteiger partial charge on any atom is -0.468 e. The van der Waals surface area contributed by atoms with Gasteiger partial charge in [-0.25, -0.2) is 0 Å². The van der Waals surface area contributed by atoms with E-state index in [4.69, 9.17) is 9.47 Å². The first-order valence-electron chi connectivity index (χ1n) is 6.81. The summed E-state index contributed by atoms with van der Waals surface area (Å²) in [5, 5.41) is 3.05. The van der Waals surface area contributed by atoms with Crippen molar-refractivity contribution in [2.24, 2.45) is 0 Å². The van der Waals surface area contributed by atoms with Crippen molar-refractivity contribution in [1.82, 2.24) is 5.32 Å². The zero-order valence-electron chi connectivity index (χ0n) is 12.0. The Morgan fingerprint density at radius 1 is 1.50 bits per heavy atom. The maximum atomic E-state index is 12.5. The second kappa shape index (κ2) is 6.76. The molecule has 0 aromatic heterocycles. The molecule has 3 atom stereocenters. The molecule has 0 aromatic carbocycles. The molecule has 1 saturated carbocycles. The molecule has 4 nitrogen and oxygen atoms in total. The molecule has 0 spiro atoms. The second-order valence-corrected chi connectivity index (χ2v) is 5.14. The smallest absolute Gasteiger partial charge is 0.414 e. The average molecular weight is 297 g/mol. The van der Waals surface area contributed by atoms with Crippen LogP contribution in [0.4, 0.5) is 13.2 Å². The topological polar surface area (TPSA) is 47.6 Å². The zero-order valence-corrected chi connectivity index (χ0v) is 12.0. The van der Waals surface area contributed by atoms with Crippen molar-refractivity contribution in [2.45, 2.75) is 63.5 Å². The van der Waals surface area contributed by atoms with Crippen LogP contribution in [0.3, 0.4) is 0 Å². The molecule has 3 unspecified atom stereocenters. The van der Waals surface area contributed by atoms with Crippen LogP contribution in [0.5, 0.6) is 0 Å². The highest BCUT2D eigenvalue weighted by atomic mass is 19.4. The lowest BCUT2D eigenvalue weighted by atomic mass is 9.80. The highest BCUT2D eigenvalue weighted by Gasteiger charge is 2.46. The third kappa shape index (κ3) is 4.09. The molecule has 7 heteroatoms. The number of likely N-dealkylation sites (N-methyl/N-ethyl adjacent to an activating group) is 1. The van der Waals surface area contributed by atoms with Crippen molar-refractivity contribution in [2.75, 3.05) is 13.7 Å². The number of alkyl halides is 3. The van der Waals surface area contributed by atoms with Crippen molar-refractivity contribution in [3.05, 3.63) is 0 Å². The zero-order chi connectivity index (χ0) is 15.4. The van der Waals surface area contributed by atoms with Crippen molar-refractivity contribution in [1.29, 1.82) is 0 Å². The first kappa shape index (κ1) is 17.2. The molecule has 0 bridgehead atoms. The van der Waals surface area contributed by atoms with Gasteiger partial charge in [0, 0.05) is 6.42 Å². The van der Waals surface area contributed by atoms with E-state index in [-0.39, 0.29) is 6.42 Å². The molecule has 1 fully saturated rings. The highest BCUT2D eigenvalue weighted by molar-refractivity contribution is 5.81. The van der Waals surface area contributed by atoms with E-state index in [0.717, 1.165) is 6.92 Å². The van der Waals surface area contributed by atoms with Gasteiger partial charge in [-0.3, -0.25) is 4.79 Å². The molecule has 1 N–H and O–H groups in total. The highest BCUT2D eigenvalue weighted by Crippen LogP contribution is 2.34. The van der Waals surface area contributed by atoms with Crippen molar-refractivity contribution in [3.8, 4) is 0 Å². The predicted octanol–water partition coefficient (Wildman–Crippen LogP) is 2.42. The van der Waals surface area contributed by atoms with Crippen LogP contribution in [0.15, 0.2) is 0 Å². The number of esters is 1. The van der Waals surface area contributed by atoms with E-state index in [2.05, 4.69) is 5.32 Å². The Hall–Kier alpha value is -0.820. The number of ether oxygens (including phenoxy) is 2. The van der Waals surface area contributed by atoms with Crippen LogP contribution in [0, 0.1) is 0 Å². The summed E-state index contributed by atoms with van der Waals surface area (Å²) >= 11 is 0. The molecular formula is C13H22F3NO3. The van der Waals surface area contributed by atoms with Gasteiger partial charge < -0.3 is 14.8 Å². The lowest BCUT2D eigenvalue weighted by molar-refractivity contribution is -0.231. The Labute approximate surface area is 117 Å². The first-order chi connectivity index (χ1) is 9.25. The SMILES string of the molecule is CCNC1(C(=O)OC)CCCC(OC(C)C(F)(F)F)C1. The van der Waals surface area contributed by atoms with Gasteiger partial charge in [0.2, 0.25) is 0 Å². The van der Waals surface area contributed by atoms with Crippen LogP contribution in [-0.4, -0.2) is 43.5 Å². The Morgan fingerprint density at radius 2 is 2.15 bits per heavy atom. The van der Waals surface area contributed by atoms with Crippen LogP contribution in [-0.2, 0) is 14.3 Å². The predicted molar refractivity (Wildman–Crippen MR) is 67.3 cm³/mol. The molecule has 20 heavy (non-hydrogen) atoms. The van der Waals surface area contributed by atoms with Gasteiger partial charge in [-0.15, -0.1) is 0 Å². The van der Waals surface area contributed by atoms with Crippen LogP contribution in [0.2, 0.25) is 0 Å². The fraction of sp³-hybridized carbons (Fsp3) is 0.923. The number of carbonyl (C=O) groups excluding carboxylic acids is 1. The van der Waals surface area contributed by atoms with Crippen LogP contribution >= 0.6 is 0 Å². The summed E-state index contributed by atoms with van der Waals surface area (Å²) in [5.41, 5.74) is -0.933. The number of hydrogen-bond donors (Lipinski definition) is 1. The maximum Gasteiger partial charge on any atom is 0.414 e. The molecule has 1 aliphatic carbocycles. The van der Waals surface area contributed by atoms with E-state index >= 15 is 0 Å². The Balaban J connectivity index is 2.75. The fourth-order valence-corrected chi connectivity index (χ4v) is 2.66. The summed E-state index contributed by atoms with van der Waals surface area (Å²) in [6.07, 6.45) is -4.92. The Bertz CT molecular complexity index is 331. The van der Waals surface area contributed by atoms with E-state index in [0.29, 0.717) is 25.8 Å². The molecule has 0 amide bonds. The van der Waals surface area contributed by atoms with Crippen LogP contribution < -0.4 is 5.32 Å². The van der Waals surface area contributed by atoms with Gasteiger partial charge in [0.15, 0.2) is 6.10 Å². The monoisotopic (exact) mass is 297 g/mol. The van der Waals surface area contributed by atoms with Gasteiger partial charge in [-0.2, -0.15) is 13.2 Å². The number of carbonyl (C=O) groups is 1. The fourth-order valence-electron chi connectivity index (χ4n) is 2.66. The van der Waals surface area contributed by atoms with Crippen LogP contribution in [0.1, 0.15) is 39.5 Å². The first-order valence-corrected chi connectivity index (χ1v) is 6.81. The maximum absolute atomic E-state index is 12.5. The summed E-state index contributed by atoms with van der Waals surface area (Å²) in [5.74, 6) is -0.438. The van der Waals surface area contributed by atoms with Gasteiger partial charge in [-0.05, 0) is 32.7 Å². The van der Waals surface area contributed by atoms with Gasteiger partial charge >= 0.3 is 12.1 Å². The summed E-state index contributed by atoms with van der Waals surface area (Å²) in [6.45, 7) is 3.37. The molecule has 0 saturated heterocycles. The number of hydrogen-bond acceptors (Lipinski definition) is 4. The molecule has 0 radical (unpaired) electrons. The molecule has 118 valence electrons. The lowest BCUT2D eigenvalue weighted by Crippen LogP contribution is -2.57. The van der Waals surface area contributed by atoms with E-state index in [9.17, 15) is 18.0 Å². The second-order valence-electron chi connectivity index (χ2n) is 5.14. The molecule has 1 aliphatic rings. The molecular weight excluding hydrogens is 275 g/mol. The molecule has 1 rings (SSSR count). The van der Waals surface area contributed by atoms with E-state index in [1.165, 1.54) is 7.11 Å². The van der Waals surface area contributed by atoms with Crippen LogP contribution in [0.25, 0.3) is 0 Å². The molecule has 0 aliphatic heterocycles. The van der Waals surface area contributed by atoms with Gasteiger partial charge in [0.05, 0.1) is 13.2 Å². The van der Waals surface area contributed by atoms with Crippen molar-refractivity contribution < 1.29 is 27.4 Å². The van der Waals surface area contributed by atoms with Gasteiger partial charge in [-0.1, -0.05) is 6.92 Å². The minimum atomic E-state index is -4.39. The summed E-state index contributed by atoms with van der Waals surface area (Å²) in [7, 11) is 1.28. The Kier molecular flexibility index (Phi) is 5.82. The largest absolute Gasteiger partial charge is 0.468 e. The van der Waals surface area contributed by atoms with E-state index in [1.54, 1.807) is 0 Å². The number of nitrogens with one attached hydrogen (secondary N) is 1. The Morgan fingerprint density at radius 3 is 2.65 bits per heavy atom. The summed E-state index contributed by atoms with van der Waals surface area (Å²) in [6, 6.07) is 0. The number of methoxy groups -OCH3 is 1. The minimum absolute atomic E-state index is 0.202. The molecule has 0 heterocycles. The molecule has 0 aromatic rings.